The molecule has 8 nitrogen and oxygen atoms in total. The van der Waals surface area contributed by atoms with Crippen LogP contribution in [0.1, 0.15) is 40.0 Å². The molecule has 222 valence electrons. The van der Waals surface area contributed by atoms with E-state index in [4.69, 9.17) is 0 Å². The number of anilines is 1. The van der Waals surface area contributed by atoms with Gasteiger partial charge in [0.25, 0.3) is 5.91 Å². The van der Waals surface area contributed by atoms with E-state index in [9.17, 15) is 22.8 Å². The van der Waals surface area contributed by atoms with Gasteiger partial charge in [-0.25, -0.2) is 9.07 Å². The fraction of sp³-hybridized carbons (Fsp3) is 0.290. The standard InChI is InChI=1S/C31H27F4N5O3/c1-18-5-6-20-15-27(41)39(29(20)28(18)32)22-9-12-38(13-10-22)30(42)24-16-26(21-4-3-11-36-17-21)40(37-24)25-8-7-23(14-19(25)2)43-31(33,34)35/h3-8,11,14,16-17,22H,9-10,12-13,15H2,1-2H3. The van der Waals surface area contributed by atoms with Crippen LogP contribution >= 0.6 is 0 Å². The molecule has 2 aromatic carbocycles. The molecule has 12 heteroatoms. The van der Waals surface area contributed by atoms with Crippen LogP contribution in [0.15, 0.2) is 60.9 Å². The Hall–Kier alpha value is -4.74. The van der Waals surface area contributed by atoms with Crippen molar-refractivity contribution in [1.82, 2.24) is 19.7 Å². The first-order valence-corrected chi connectivity index (χ1v) is 13.8. The number of carbonyl (C=O) groups excluding carboxylic acids is 2. The number of rotatable bonds is 5. The molecule has 6 rings (SSSR count). The third kappa shape index (κ3) is 5.44. The van der Waals surface area contributed by atoms with E-state index in [1.165, 1.54) is 22.9 Å². The second-order valence-electron chi connectivity index (χ2n) is 10.7. The zero-order chi connectivity index (χ0) is 30.5. The van der Waals surface area contributed by atoms with Crippen molar-refractivity contribution in [1.29, 1.82) is 0 Å². The van der Waals surface area contributed by atoms with Crippen LogP contribution in [0, 0.1) is 19.7 Å². The minimum absolute atomic E-state index is 0.147. The average Bonchev–Trinajstić information content (AvgIpc) is 3.56. The first kappa shape index (κ1) is 28.4. The number of alkyl halides is 3. The SMILES string of the molecule is Cc1cc(OC(F)(F)F)ccc1-n1nc(C(=O)N2CCC(N3C(=O)Cc4ccc(C)c(F)c43)CC2)cc1-c1cccnc1. The van der Waals surface area contributed by atoms with Crippen LogP contribution in [0.2, 0.25) is 0 Å². The smallest absolute Gasteiger partial charge is 0.406 e. The summed E-state index contributed by atoms with van der Waals surface area (Å²) in [6.07, 6.45) is -0.517. The van der Waals surface area contributed by atoms with Crippen LogP contribution in [-0.4, -0.2) is 57.0 Å². The highest BCUT2D eigenvalue weighted by molar-refractivity contribution is 6.02. The first-order valence-electron chi connectivity index (χ1n) is 13.8. The van der Waals surface area contributed by atoms with Crippen LogP contribution in [0.3, 0.4) is 0 Å². The molecular weight excluding hydrogens is 566 g/mol. The molecule has 2 aliphatic rings. The number of carbonyl (C=O) groups is 2. The number of aryl methyl sites for hydroxylation is 2. The van der Waals surface area contributed by atoms with E-state index < -0.39 is 6.36 Å². The molecule has 0 N–H and O–H groups in total. The summed E-state index contributed by atoms with van der Waals surface area (Å²) in [5.74, 6) is -1.22. The molecule has 0 bridgehead atoms. The van der Waals surface area contributed by atoms with Crippen molar-refractivity contribution >= 4 is 17.5 Å². The highest BCUT2D eigenvalue weighted by Gasteiger charge is 2.38. The lowest BCUT2D eigenvalue weighted by Crippen LogP contribution is -2.48. The maximum Gasteiger partial charge on any atom is 0.573 e. The Labute approximate surface area is 244 Å². The second-order valence-corrected chi connectivity index (χ2v) is 10.7. The number of halogens is 4. The Balaban J connectivity index is 1.25. The third-order valence-electron chi connectivity index (χ3n) is 7.88. The van der Waals surface area contributed by atoms with Crippen molar-refractivity contribution in [3.63, 3.8) is 0 Å². The fourth-order valence-electron chi connectivity index (χ4n) is 5.81. The Bertz CT molecular complexity index is 1710. The fourth-order valence-corrected chi connectivity index (χ4v) is 5.81. The van der Waals surface area contributed by atoms with Crippen LogP contribution in [0.4, 0.5) is 23.2 Å². The maximum atomic E-state index is 15.0. The van der Waals surface area contributed by atoms with Crippen molar-refractivity contribution in [2.45, 2.75) is 45.5 Å². The summed E-state index contributed by atoms with van der Waals surface area (Å²) in [5.41, 5.74) is 3.75. The monoisotopic (exact) mass is 593 g/mol. The van der Waals surface area contributed by atoms with E-state index in [-0.39, 0.29) is 41.5 Å². The molecule has 1 fully saturated rings. The van der Waals surface area contributed by atoms with E-state index >= 15 is 4.39 Å². The summed E-state index contributed by atoms with van der Waals surface area (Å²) >= 11 is 0. The first-order chi connectivity index (χ1) is 20.5. The summed E-state index contributed by atoms with van der Waals surface area (Å²) < 4.78 is 58.8. The summed E-state index contributed by atoms with van der Waals surface area (Å²) in [7, 11) is 0. The molecule has 0 aliphatic carbocycles. The number of hydrogen-bond donors (Lipinski definition) is 0. The second kappa shape index (κ2) is 10.8. The number of nitrogens with zero attached hydrogens (tertiary/aromatic N) is 5. The number of ether oxygens (including phenoxy) is 1. The number of piperidine rings is 1. The molecule has 1 saturated heterocycles. The third-order valence-corrected chi connectivity index (χ3v) is 7.88. The van der Waals surface area contributed by atoms with Gasteiger partial charge in [0, 0.05) is 37.1 Å². The number of amides is 2. The van der Waals surface area contributed by atoms with Crippen molar-refractivity contribution in [2.24, 2.45) is 0 Å². The zero-order valence-electron chi connectivity index (χ0n) is 23.4. The summed E-state index contributed by atoms with van der Waals surface area (Å²) in [4.78, 5) is 33.9. The lowest BCUT2D eigenvalue weighted by molar-refractivity contribution is -0.274. The highest BCUT2D eigenvalue weighted by Crippen LogP contribution is 2.37. The number of fused-ring (bicyclic) bond motifs is 1. The molecule has 2 aliphatic heterocycles. The van der Waals surface area contributed by atoms with Gasteiger partial charge >= 0.3 is 6.36 Å². The molecular formula is C31H27F4N5O3. The van der Waals surface area contributed by atoms with Crippen LogP contribution in [0.5, 0.6) is 5.75 Å². The van der Waals surface area contributed by atoms with Crippen molar-refractivity contribution in [2.75, 3.05) is 18.0 Å². The van der Waals surface area contributed by atoms with Crippen LogP contribution < -0.4 is 9.64 Å². The van der Waals surface area contributed by atoms with Gasteiger partial charge in [-0.2, -0.15) is 5.10 Å². The van der Waals surface area contributed by atoms with Gasteiger partial charge in [-0.1, -0.05) is 12.1 Å². The highest BCUT2D eigenvalue weighted by atomic mass is 19.4. The van der Waals surface area contributed by atoms with E-state index in [0.717, 1.165) is 0 Å². The van der Waals surface area contributed by atoms with Crippen molar-refractivity contribution in [3.05, 3.63) is 89.1 Å². The number of pyridine rings is 1. The number of hydrogen-bond acceptors (Lipinski definition) is 5. The molecule has 0 radical (unpaired) electrons. The van der Waals surface area contributed by atoms with E-state index in [1.54, 1.807) is 66.4 Å². The summed E-state index contributed by atoms with van der Waals surface area (Å²) in [6, 6.07) is 12.3. The molecule has 4 heterocycles. The van der Waals surface area contributed by atoms with E-state index in [0.29, 0.717) is 65.3 Å². The van der Waals surface area contributed by atoms with Gasteiger partial charge in [0.05, 0.1) is 23.5 Å². The van der Waals surface area contributed by atoms with Gasteiger partial charge < -0.3 is 14.5 Å². The largest absolute Gasteiger partial charge is 0.573 e. The molecule has 0 spiro atoms. The average molecular weight is 594 g/mol. The van der Waals surface area contributed by atoms with Crippen LogP contribution in [0.25, 0.3) is 16.9 Å². The topological polar surface area (TPSA) is 80.6 Å². The molecule has 43 heavy (non-hydrogen) atoms. The molecule has 2 aromatic heterocycles. The summed E-state index contributed by atoms with van der Waals surface area (Å²) in [6.45, 7) is 3.98. The normalized spacial score (nSPS) is 15.6. The summed E-state index contributed by atoms with van der Waals surface area (Å²) in [5, 5.41) is 4.58. The zero-order valence-corrected chi connectivity index (χ0v) is 23.4. The minimum Gasteiger partial charge on any atom is -0.406 e. The van der Waals surface area contributed by atoms with E-state index in [2.05, 4.69) is 14.8 Å². The predicted molar refractivity (Wildman–Crippen MR) is 149 cm³/mol. The molecule has 4 aromatic rings. The predicted octanol–water partition coefficient (Wildman–Crippen LogP) is 5.78. The lowest BCUT2D eigenvalue weighted by atomic mass is 10.0. The molecule has 2 amide bonds. The Morgan fingerprint density at radius 1 is 1.02 bits per heavy atom. The Morgan fingerprint density at radius 3 is 2.47 bits per heavy atom. The number of likely N-dealkylation sites (tertiary alicyclic amines) is 1. The number of benzene rings is 2. The lowest BCUT2D eigenvalue weighted by Gasteiger charge is -2.37. The van der Waals surface area contributed by atoms with Crippen molar-refractivity contribution < 1.29 is 31.9 Å². The Morgan fingerprint density at radius 2 is 1.79 bits per heavy atom. The Kier molecular flexibility index (Phi) is 7.15. The van der Waals surface area contributed by atoms with Gasteiger partial charge in [0.1, 0.15) is 11.6 Å². The van der Waals surface area contributed by atoms with Crippen LogP contribution in [-0.2, 0) is 11.2 Å². The van der Waals surface area contributed by atoms with Gasteiger partial charge in [-0.3, -0.25) is 14.6 Å². The van der Waals surface area contributed by atoms with E-state index in [1.807, 2.05) is 0 Å². The minimum atomic E-state index is -4.83. The van der Waals surface area contributed by atoms with Gasteiger partial charge in [-0.05, 0) is 79.8 Å². The number of aromatic nitrogens is 3. The molecule has 0 unspecified atom stereocenters. The van der Waals surface area contributed by atoms with Gasteiger partial charge in [-0.15, -0.1) is 13.2 Å². The van der Waals surface area contributed by atoms with Gasteiger partial charge in [0.15, 0.2) is 5.69 Å². The molecule has 0 saturated carbocycles. The maximum absolute atomic E-state index is 15.0. The quantitative estimate of drug-likeness (QED) is 0.274. The van der Waals surface area contributed by atoms with Crippen molar-refractivity contribution in [3.8, 4) is 22.7 Å². The van der Waals surface area contributed by atoms with Gasteiger partial charge in [0.2, 0.25) is 5.91 Å². The molecule has 0 atom stereocenters.